The Labute approximate surface area is 216 Å². The highest BCUT2D eigenvalue weighted by Gasteiger charge is 2.53. The maximum absolute atomic E-state index is 12.5. The molecule has 0 radical (unpaired) electrons. The number of hydrogen-bond acceptors (Lipinski definition) is 17. The molecular formula is C21H30O17-2. The third-order valence-corrected chi connectivity index (χ3v) is 5.67. The summed E-state index contributed by atoms with van der Waals surface area (Å²) in [5.74, 6) is -5.65. The van der Waals surface area contributed by atoms with Crippen molar-refractivity contribution in [2.24, 2.45) is 0 Å². The molecule has 0 saturated carbocycles. The average molecular weight is 554 g/mol. The van der Waals surface area contributed by atoms with E-state index in [4.69, 9.17) is 37.9 Å². The van der Waals surface area contributed by atoms with Gasteiger partial charge in [-0.3, -0.25) is 9.59 Å². The number of aliphatic hydroxyl groups is 3. The molecule has 4 unspecified atom stereocenters. The van der Waals surface area contributed by atoms with E-state index in [1.165, 1.54) is 7.11 Å². The molecule has 2 rings (SSSR count). The van der Waals surface area contributed by atoms with Crippen molar-refractivity contribution in [3.63, 3.8) is 0 Å². The molecule has 2 saturated heterocycles. The van der Waals surface area contributed by atoms with E-state index in [1.54, 1.807) is 0 Å². The van der Waals surface area contributed by atoms with Crippen molar-refractivity contribution in [1.82, 2.24) is 0 Å². The topological polar surface area (TPSA) is 249 Å². The first-order valence-corrected chi connectivity index (χ1v) is 11.3. The number of ether oxygens (including phenoxy) is 8. The molecule has 38 heavy (non-hydrogen) atoms. The average Bonchev–Trinajstić information content (AvgIpc) is 2.87. The predicted molar refractivity (Wildman–Crippen MR) is 110 cm³/mol. The molecule has 0 amide bonds. The van der Waals surface area contributed by atoms with E-state index >= 15 is 0 Å². The van der Waals surface area contributed by atoms with Crippen molar-refractivity contribution in [3.8, 4) is 0 Å². The molecule has 0 aromatic rings. The molecule has 17 heteroatoms. The second-order valence-corrected chi connectivity index (χ2v) is 8.16. The van der Waals surface area contributed by atoms with Crippen LogP contribution >= 0.6 is 0 Å². The van der Waals surface area contributed by atoms with Crippen LogP contribution < -0.4 is 10.2 Å². The summed E-state index contributed by atoms with van der Waals surface area (Å²) >= 11 is 0. The Hall–Kier alpha value is -2.48. The number of aliphatic hydroxyl groups excluding tert-OH is 3. The smallest absolute Gasteiger partial charge is 0.306 e. The molecule has 3 N–H and O–H groups in total. The van der Waals surface area contributed by atoms with Gasteiger partial charge in [-0.1, -0.05) is 0 Å². The summed E-state index contributed by atoms with van der Waals surface area (Å²) in [5, 5.41) is 54.6. The SMILES string of the molecule is COCCOC(=O)CCC(=O)O[C@@H]1C(O)[C@H](OC)OC(C(=O)[O-])[C@H]1O[C@@H]1OC(C(=O)[O-])[C@@H](OC)[C@H](O)C1O. The number of carboxylic acid groups (broad SMARTS) is 2. The minimum atomic E-state index is -2.12. The largest absolute Gasteiger partial charge is 0.547 e. The summed E-state index contributed by atoms with van der Waals surface area (Å²) in [6.45, 7) is 0.0638. The van der Waals surface area contributed by atoms with Gasteiger partial charge in [0.25, 0.3) is 0 Å². The van der Waals surface area contributed by atoms with Crippen LogP contribution in [0.3, 0.4) is 0 Å². The molecule has 2 fully saturated rings. The monoisotopic (exact) mass is 554 g/mol. The van der Waals surface area contributed by atoms with Crippen LogP contribution in [0.5, 0.6) is 0 Å². The van der Waals surface area contributed by atoms with Gasteiger partial charge in [0.2, 0.25) is 0 Å². The number of aliphatic carboxylic acids is 2. The van der Waals surface area contributed by atoms with Gasteiger partial charge in [-0.25, -0.2) is 0 Å². The zero-order chi connectivity index (χ0) is 28.6. The van der Waals surface area contributed by atoms with Crippen molar-refractivity contribution in [3.05, 3.63) is 0 Å². The van der Waals surface area contributed by atoms with E-state index in [2.05, 4.69) is 0 Å². The lowest BCUT2D eigenvalue weighted by molar-refractivity contribution is -0.381. The number of carbonyl (C=O) groups is 4. The van der Waals surface area contributed by atoms with E-state index in [0.717, 1.165) is 14.2 Å². The van der Waals surface area contributed by atoms with Gasteiger partial charge in [-0.2, -0.15) is 0 Å². The number of methoxy groups -OCH3 is 3. The molecule has 10 atom stereocenters. The van der Waals surface area contributed by atoms with Gasteiger partial charge in [0.15, 0.2) is 18.7 Å². The molecule has 2 heterocycles. The van der Waals surface area contributed by atoms with Crippen LogP contribution in [0, 0.1) is 0 Å². The highest BCUT2D eigenvalue weighted by molar-refractivity contribution is 5.78. The third-order valence-electron chi connectivity index (χ3n) is 5.67. The number of hydrogen-bond donors (Lipinski definition) is 3. The molecule has 17 nitrogen and oxygen atoms in total. The summed E-state index contributed by atoms with van der Waals surface area (Å²) in [6, 6.07) is 0. The van der Waals surface area contributed by atoms with Gasteiger partial charge in [-0.05, 0) is 0 Å². The third kappa shape index (κ3) is 7.78. The molecule has 218 valence electrons. The maximum atomic E-state index is 12.5. The second-order valence-electron chi connectivity index (χ2n) is 8.16. The first-order valence-electron chi connectivity index (χ1n) is 11.3. The van der Waals surface area contributed by atoms with Crippen molar-refractivity contribution in [2.75, 3.05) is 34.5 Å². The Morgan fingerprint density at radius 2 is 1.29 bits per heavy atom. The van der Waals surface area contributed by atoms with E-state index < -0.39 is 98.1 Å². The molecular weight excluding hydrogens is 524 g/mol. The summed E-state index contributed by atoms with van der Waals surface area (Å²) in [6.07, 6.45) is -20.1. The lowest BCUT2D eigenvalue weighted by Gasteiger charge is -2.47. The Bertz CT molecular complexity index is 820. The summed E-state index contributed by atoms with van der Waals surface area (Å²) in [5.41, 5.74) is 0. The summed E-state index contributed by atoms with van der Waals surface area (Å²) in [4.78, 5) is 47.5. The van der Waals surface area contributed by atoms with Crippen molar-refractivity contribution < 1.29 is 82.6 Å². The van der Waals surface area contributed by atoms with Crippen LogP contribution in [-0.4, -0.2) is 135 Å². The molecule has 0 bridgehead atoms. The van der Waals surface area contributed by atoms with Gasteiger partial charge in [0, 0.05) is 21.3 Å². The number of rotatable bonds is 13. The fourth-order valence-electron chi connectivity index (χ4n) is 3.78. The van der Waals surface area contributed by atoms with Crippen LogP contribution in [0.25, 0.3) is 0 Å². The highest BCUT2D eigenvalue weighted by atomic mass is 16.8. The fraction of sp³-hybridized carbons (Fsp3) is 0.810. The Kier molecular flexibility index (Phi) is 12.2. The normalized spacial score (nSPS) is 35.3. The van der Waals surface area contributed by atoms with Crippen LogP contribution in [0.2, 0.25) is 0 Å². The van der Waals surface area contributed by atoms with Gasteiger partial charge in [-0.15, -0.1) is 0 Å². The Morgan fingerprint density at radius 3 is 1.84 bits per heavy atom. The van der Waals surface area contributed by atoms with Crippen molar-refractivity contribution in [2.45, 2.75) is 74.3 Å². The highest BCUT2D eigenvalue weighted by Crippen LogP contribution is 2.31. The lowest BCUT2D eigenvalue weighted by Crippen LogP contribution is -2.68. The van der Waals surface area contributed by atoms with E-state index in [-0.39, 0.29) is 13.2 Å². The molecule has 2 aliphatic rings. The Morgan fingerprint density at radius 1 is 0.711 bits per heavy atom. The quantitative estimate of drug-likeness (QED) is 0.141. The molecule has 2 aliphatic heterocycles. The fourth-order valence-corrected chi connectivity index (χ4v) is 3.78. The predicted octanol–water partition coefficient (Wildman–Crippen LogP) is -6.05. The van der Waals surface area contributed by atoms with Gasteiger partial charge in [0.1, 0.15) is 49.3 Å². The van der Waals surface area contributed by atoms with E-state index in [0.29, 0.717) is 0 Å². The molecule has 0 aliphatic carbocycles. The number of carbonyl (C=O) groups excluding carboxylic acids is 4. The minimum Gasteiger partial charge on any atom is -0.547 e. The van der Waals surface area contributed by atoms with Crippen LogP contribution in [0.15, 0.2) is 0 Å². The number of carboxylic acids is 2. The first-order chi connectivity index (χ1) is 18.0. The number of esters is 2. The van der Waals surface area contributed by atoms with Crippen LogP contribution in [-0.2, 0) is 57.1 Å². The van der Waals surface area contributed by atoms with Crippen LogP contribution in [0.1, 0.15) is 12.8 Å². The molecule has 0 aromatic heterocycles. The van der Waals surface area contributed by atoms with Crippen molar-refractivity contribution in [1.29, 1.82) is 0 Å². The zero-order valence-corrected chi connectivity index (χ0v) is 20.7. The zero-order valence-electron chi connectivity index (χ0n) is 20.7. The first kappa shape index (κ1) is 31.7. The van der Waals surface area contributed by atoms with Crippen LogP contribution in [0.4, 0.5) is 0 Å². The molecule has 0 aromatic carbocycles. The van der Waals surface area contributed by atoms with E-state index in [9.17, 15) is 44.7 Å². The summed E-state index contributed by atoms with van der Waals surface area (Å²) in [7, 11) is 3.48. The lowest BCUT2D eigenvalue weighted by atomic mass is 9.96. The standard InChI is InChI=1S/C21H32O17/c1-31-6-7-34-8(22)4-5-9(23)35-14-12(26)20(33-3)37-17(19(29)30)15(14)36-21-11(25)10(24)13(32-2)16(38-21)18(27)28/h10-17,20-21,24-26H,4-7H2,1-3H3,(H,27,28)(H,29,30)/p-2/t10-,11?,12?,13+,14-,15+,16?,17?,20-,21-/m1/s1. The van der Waals surface area contributed by atoms with Gasteiger partial charge >= 0.3 is 11.9 Å². The molecule has 0 spiro atoms. The maximum Gasteiger partial charge on any atom is 0.306 e. The Balaban J connectivity index is 2.24. The second kappa shape index (κ2) is 14.6. The van der Waals surface area contributed by atoms with Gasteiger partial charge in [0.05, 0.1) is 31.4 Å². The van der Waals surface area contributed by atoms with Crippen molar-refractivity contribution >= 4 is 23.9 Å². The minimum absolute atomic E-state index is 0.0614. The van der Waals surface area contributed by atoms with Gasteiger partial charge < -0.3 is 73.0 Å². The van der Waals surface area contributed by atoms with E-state index in [1.807, 2.05) is 0 Å². The summed E-state index contributed by atoms with van der Waals surface area (Å²) < 4.78 is 40.1.